The Labute approximate surface area is 196 Å². The third kappa shape index (κ3) is 6.37. The fraction of sp³-hybridized carbons (Fsp3) is 0.407. The second-order valence-corrected chi connectivity index (χ2v) is 10.4. The van der Waals surface area contributed by atoms with Gasteiger partial charge in [0.25, 0.3) is 0 Å². The van der Waals surface area contributed by atoms with E-state index < -0.39 is 6.09 Å². The van der Waals surface area contributed by atoms with Gasteiger partial charge in [0, 0.05) is 35.9 Å². The molecule has 1 heterocycles. The largest absolute Gasteiger partial charge is 0.507 e. The first-order valence-electron chi connectivity index (χ1n) is 11.3. The third-order valence-electron chi connectivity index (χ3n) is 5.50. The maximum Gasteiger partial charge on any atom is 0.407 e. The van der Waals surface area contributed by atoms with Crippen LogP contribution >= 0.6 is 0 Å². The molecule has 1 aromatic heterocycles. The van der Waals surface area contributed by atoms with Gasteiger partial charge < -0.3 is 20.1 Å². The molecule has 0 atom stereocenters. The quantitative estimate of drug-likeness (QED) is 0.441. The van der Waals surface area contributed by atoms with Crippen molar-refractivity contribution in [1.82, 2.24) is 15.3 Å². The van der Waals surface area contributed by atoms with Crippen LogP contribution in [0.3, 0.4) is 0 Å². The summed E-state index contributed by atoms with van der Waals surface area (Å²) in [6.07, 6.45) is 1.97. The second-order valence-electron chi connectivity index (χ2n) is 10.4. The number of benzene rings is 2. The molecule has 0 saturated carbocycles. The summed E-state index contributed by atoms with van der Waals surface area (Å²) in [5, 5.41) is 13.7. The smallest absolute Gasteiger partial charge is 0.407 e. The van der Waals surface area contributed by atoms with Gasteiger partial charge in [-0.25, -0.2) is 9.78 Å². The Bertz CT molecular complexity index is 1050. The number of phenolic OH excluding ortho intramolecular Hbond substituents is 1. The lowest BCUT2D eigenvalue weighted by Gasteiger charge is -2.28. The number of alkyl carbamates (subject to hydrolysis) is 1. The van der Waals surface area contributed by atoms with E-state index in [9.17, 15) is 9.90 Å². The SMILES string of the molecule is CC(C)(C)c1cc(-c2c[nH]c(CCNC(=O)OCc3ccccc3)n2)cc(C(C)(C)C)c1O. The molecule has 3 N–H and O–H groups in total. The first kappa shape index (κ1) is 24.4. The second kappa shape index (κ2) is 9.69. The number of nitrogens with zero attached hydrogens (tertiary/aromatic N) is 1. The minimum Gasteiger partial charge on any atom is -0.507 e. The Morgan fingerprint density at radius 2 is 1.64 bits per heavy atom. The minimum absolute atomic E-state index is 0.205. The Kier molecular flexibility index (Phi) is 7.15. The number of carbonyl (C=O) groups is 1. The number of phenols is 1. The van der Waals surface area contributed by atoms with E-state index in [1.165, 1.54) is 0 Å². The zero-order chi connectivity index (χ0) is 24.2. The minimum atomic E-state index is -0.450. The fourth-order valence-corrected chi connectivity index (χ4v) is 3.62. The van der Waals surface area contributed by atoms with E-state index in [1.54, 1.807) is 0 Å². The predicted molar refractivity (Wildman–Crippen MR) is 131 cm³/mol. The normalized spacial score (nSPS) is 11.9. The van der Waals surface area contributed by atoms with Crippen molar-refractivity contribution in [1.29, 1.82) is 0 Å². The highest BCUT2D eigenvalue weighted by Crippen LogP contribution is 2.41. The number of rotatable bonds is 6. The summed E-state index contributed by atoms with van der Waals surface area (Å²) >= 11 is 0. The monoisotopic (exact) mass is 449 g/mol. The van der Waals surface area contributed by atoms with Gasteiger partial charge >= 0.3 is 6.09 Å². The summed E-state index contributed by atoms with van der Waals surface area (Å²) in [5.41, 5.74) is 4.11. The number of carbonyl (C=O) groups excluding carboxylic acids is 1. The summed E-state index contributed by atoms with van der Waals surface area (Å²) in [6, 6.07) is 13.6. The third-order valence-corrected chi connectivity index (χ3v) is 5.50. The van der Waals surface area contributed by atoms with Crippen molar-refractivity contribution in [2.45, 2.75) is 65.4 Å². The van der Waals surface area contributed by atoms with Gasteiger partial charge in [-0.15, -0.1) is 0 Å². The summed E-state index contributed by atoms with van der Waals surface area (Å²) in [4.78, 5) is 19.9. The molecule has 176 valence electrons. The molecule has 3 rings (SSSR count). The molecular formula is C27H35N3O3. The molecule has 0 bridgehead atoms. The number of hydrogen-bond donors (Lipinski definition) is 3. The van der Waals surface area contributed by atoms with E-state index in [4.69, 9.17) is 9.72 Å². The summed E-state index contributed by atoms with van der Waals surface area (Å²) in [7, 11) is 0. The van der Waals surface area contributed by atoms with Crippen molar-refractivity contribution in [3.8, 4) is 17.0 Å². The van der Waals surface area contributed by atoms with Crippen molar-refractivity contribution in [3.63, 3.8) is 0 Å². The molecule has 6 heteroatoms. The van der Waals surface area contributed by atoms with E-state index in [0.717, 1.165) is 33.8 Å². The lowest BCUT2D eigenvalue weighted by Crippen LogP contribution is -2.26. The number of aromatic amines is 1. The van der Waals surface area contributed by atoms with Gasteiger partial charge in [0.05, 0.1) is 5.69 Å². The fourth-order valence-electron chi connectivity index (χ4n) is 3.62. The van der Waals surface area contributed by atoms with E-state index in [0.29, 0.717) is 18.7 Å². The molecule has 2 aromatic carbocycles. The number of imidazole rings is 1. The van der Waals surface area contributed by atoms with Gasteiger partial charge in [-0.3, -0.25) is 0 Å². The predicted octanol–water partition coefficient (Wildman–Crippen LogP) is 5.85. The molecule has 0 spiro atoms. The molecular weight excluding hydrogens is 414 g/mol. The summed E-state index contributed by atoms with van der Waals surface area (Å²) in [6.45, 7) is 13.2. The molecule has 0 unspecified atom stereocenters. The van der Waals surface area contributed by atoms with Gasteiger partial charge in [-0.05, 0) is 28.5 Å². The van der Waals surface area contributed by atoms with Crippen LogP contribution in [-0.2, 0) is 28.6 Å². The van der Waals surface area contributed by atoms with Crippen LogP contribution < -0.4 is 5.32 Å². The first-order chi connectivity index (χ1) is 15.4. The molecule has 0 aliphatic carbocycles. The van der Waals surface area contributed by atoms with Crippen LogP contribution in [0.1, 0.15) is 64.1 Å². The number of hydrogen-bond acceptors (Lipinski definition) is 4. The van der Waals surface area contributed by atoms with Crippen LogP contribution in [0.2, 0.25) is 0 Å². The molecule has 6 nitrogen and oxygen atoms in total. The lowest BCUT2D eigenvalue weighted by atomic mass is 9.78. The van der Waals surface area contributed by atoms with Crippen molar-refractivity contribution >= 4 is 6.09 Å². The standard InChI is InChI=1S/C27H35N3O3/c1-26(2,3)20-14-19(15-21(24(20)31)27(4,5)6)22-16-29-23(30-22)12-13-28-25(32)33-17-18-10-8-7-9-11-18/h7-11,14-16,31H,12-13,17H2,1-6H3,(H,28,32)(H,29,30). The van der Waals surface area contributed by atoms with Gasteiger partial charge in [-0.1, -0.05) is 71.9 Å². The number of nitrogens with one attached hydrogen (secondary N) is 2. The average Bonchev–Trinajstić information content (AvgIpc) is 3.20. The summed E-state index contributed by atoms with van der Waals surface area (Å²) < 4.78 is 5.24. The van der Waals surface area contributed by atoms with Crippen molar-refractivity contribution in [3.05, 3.63) is 71.2 Å². The molecule has 0 radical (unpaired) electrons. The van der Waals surface area contributed by atoms with Crippen molar-refractivity contribution in [2.24, 2.45) is 0 Å². The Morgan fingerprint density at radius 1 is 1.03 bits per heavy atom. The number of amides is 1. The molecule has 0 aliphatic heterocycles. The number of ether oxygens (including phenoxy) is 1. The van der Waals surface area contributed by atoms with E-state index in [1.807, 2.05) is 48.7 Å². The van der Waals surface area contributed by atoms with Crippen LogP contribution in [0.4, 0.5) is 4.79 Å². The van der Waals surface area contributed by atoms with E-state index in [2.05, 4.69) is 51.8 Å². The molecule has 0 saturated heterocycles. The van der Waals surface area contributed by atoms with Crippen molar-refractivity contribution in [2.75, 3.05) is 6.54 Å². The molecule has 33 heavy (non-hydrogen) atoms. The molecule has 0 fully saturated rings. The molecule has 3 aromatic rings. The van der Waals surface area contributed by atoms with E-state index >= 15 is 0 Å². The maximum absolute atomic E-state index is 11.9. The number of aromatic nitrogens is 2. The first-order valence-corrected chi connectivity index (χ1v) is 11.3. The zero-order valence-electron chi connectivity index (χ0n) is 20.5. The van der Waals surface area contributed by atoms with Gasteiger partial charge in [0.15, 0.2) is 0 Å². The van der Waals surface area contributed by atoms with Crippen molar-refractivity contribution < 1.29 is 14.6 Å². The highest BCUT2D eigenvalue weighted by Gasteiger charge is 2.27. The Hall–Kier alpha value is -3.28. The molecule has 0 aliphatic rings. The molecule has 1 amide bonds. The highest BCUT2D eigenvalue weighted by molar-refractivity contribution is 5.67. The Balaban J connectivity index is 1.66. The topological polar surface area (TPSA) is 87.2 Å². The van der Waals surface area contributed by atoms with Gasteiger partial charge in [0.1, 0.15) is 18.2 Å². The van der Waals surface area contributed by atoms with Crippen LogP contribution in [0.25, 0.3) is 11.3 Å². The highest BCUT2D eigenvalue weighted by atomic mass is 16.5. The maximum atomic E-state index is 11.9. The lowest BCUT2D eigenvalue weighted by molar-refractivity contribution is 0.140. The Morgan fingerprint density at radius 3 is 2.21 bits per heavy atom. The van der Waals surface area contributed by atoms with Crippen LogP contribution in [0.5, 0.6) is 5.75 Å². The summed E-state index contributed by atoms with van der Waals surface area (Å²) in [5.74, 6) is 1.13. The van der Waals surface area contributed by atoms with E-state index in [-0.39, 0.29) is 17.4 Å². The van der Waals surface area contributed by atoms with Crippen LogP contribution in [-0.4, -0.2) is 27.7 Å². The number of H-pyrrole nitrogens is 1. The zero-order valence-corrected chi connectivity index (χ0v) is 20.5. The number of aromatic hydroxyl groups is 1. The van der Waals surface area contributed by atoms with Crippen LogP contribution in [0.15, 0.2) is 48.7 Å². The van der Waals surface area contributed by atoms with Gasteiger partial charge in [0.2, 0.25) is 0 Å². The van der Waals surface area contributed by atoms with Gasteiger partial charge in [-0.2, -0.15) is 0 Å². The van der Waals surface area contributed by atoms with Crippen LogP contribution in [0, 0.1) is 0 Å². The average molecular weight is 450 g/mol.